The van der Waals surface area contributed by atoms with Gasteiger partial charge in [-0.3, -0.25) is 9.59 Å². The van der Waals surface area contributed by atoms with Crippen LogP contribution in [0.1, 0.15) is 68.7 Å². The van der Waals surface area contributed by atoms with Gasteiger partial charge in [0.05, 0.1) is 22.7 Å². The van der Waals surface area contributed by atoms with Gasteiger partial charge in [0.25, 0.3) is 11.6 Å². The van der Waals surface area contributed by atoms with Crippen LogP contribution >= 0.6 is 0 Å². The van der Waals surface area contributed by atoms with Gasteiger partial charge < -0.3 is 14.7 Å². The first-order valence-electron chi connectivity index (χ1n) is 8.96. The highest BCUT2D eigenvalue weighted by Gasteiger charge is 2.37. The molecule has 0 saturated carbocycles. The number of fused-ring (bicyclic) bond motifs is 1. The number of carbonyl (C=O) groups excluding carboxylic acids is 2. The van der Waals surface area contributed by atoms with E-state index in [0.717, 1.165) is 5.69 Å². The van der Waals surface area contributed by atoms with E-state index in [4.69, 9.17) is 4.52 Å². The minimum atomic E-state index is -0.254. The Bertz CT molecular complexity index is 864. The minimum Gasteiger partial charge on any atom is -0.347 e. The van der Waals surface area contributed by atoms with Crippen LogP contribution in [0.2, 0.25) is 0 Å². The zero-order chi connectivity index (χ0) is 19.2. The normalized spacial score (nSPS) is 18.2. The van der Waals surface area contributed by atoms with Gasteiger partial charge in [0.1, 0.15) is 0 Å². The molecule has 0 bridgehead atoms. The van der Waals surface area contributed by atoms with Crippen molar-refractivity contribution in [3.8, 4) is 0 Å². The van der Waals surface area contributed by atoms with Crippen LogP contribution in [0.15, 0.2) is 10.6 Å². The van der Waals surface area contributed by atoms with Crippen LogP contribution in [0.5, 0.6) is 0 Å². The van der Waals surface area contributed by atoms with Crippen molar-refractivity contribution in [1.29, 1.82) is 0 Å². The quantitative estimate of drug-likeness (QED) is 0.911. The van der Waals surface area contributed by atoms with E-state index in [9.17, 15) is 9.59 Å². The summed E-state index contributed by atoms with van der Waals surface area (Å²) in [5.41, 5.74) is 2.03. The zero-order valence-electron chi connectivity index (χ0n) is 16.2. The molecular weight excluding hydrogens is 332 g/mol. The molecule has 7 heteroatoms. The van der Waals surface area contributed by atoms with Crippen LogP contribution in [0.3, 0.4) is 0 Å². The Kier molecular flexibility index (Phi) is 4.50. The van der Waals surface area contributed by atoms with Gasteiger partial charge in [-0.1, -0.05) is 19.0 Å². The Morgan fingerprint density at radius 2 is 2.08 bits per heavy atom. The second kappa shape index (κ2) is 6.37. The number of amides is 2. The lowest BCUT2D eigenvalue weighted by molar-refractivity contribution is -0.131. The number of aryl methyl sites for hydroxylation is 1. The molecule has 2 amide bonds. The number of likely N-dealkylation sites (tertiary alicyclic amines) is 1. The summed E-state index contributed by atoms with van der Waals surface area (Å²) >= 11 is 0. The summed E-state index contributed by atoms with van der Waals surface area (Å²) in [4.78, 5) is 31.5. The van der Waals surface area contributed by atoms with Crippen molar-refractivity contribution in [2.45, 2.75) is 65.5 Å². The predicted octanol–water partition coefficient (Wildman–Crippen LogP) is 2.78. The highest BCUT2D eigenvalue weighted by molar-refractivity contribution is 6.06. The summed E-state index contributed by atoms with van der Waals surface area (Å²) in [7, 11) is 0. The fourth-order valence-electron chi connectivity index (χ4n) is 3.30. The van der Waals surface area contributed by atoms with E-state index in [1.54, 1.807) is 13.0 Å². The molecule has 1 saturated heterocycles. The maximum atomic E-state index is 13.0. The molecule has 1 aliphatic rings. The van der Waals surface area contributed by atoms with E-state index in [2.05, 4.69) is 15.5 Å². The van der Waals surface area contributed by atoms with Crippen molar-refractivity contribution in [1.82, 2.24) is 20.4 Å². The molecule has 3 rings (SSSR count). The lowest BCUT2D eigenvalue weighted by Gasteiger charge is -2.32. The number of hydrogen-bond donors (Lipinski definition) is 1. The number of aromatic nitrogens is 2. The maximum Gasteiger partial charge on any atom is 0.259 e. The topological polar surface area (TPSA) is 88.3 Å². The third-order valence-corrected chi connectivity index (χ3v) is 4.74. The van der Waals surface area contributed by atoms with E-state index < -0.39 is 0 Å². The fourth-order valence-corrected chi connectivity index (χ4v) is 3.30. The molecule has 140 valence electrons. The second-order valence-electron chi connectivity index (χ2n) is 8.25. The number of nitrogens with zero attached hydrogens (tertiary/aromatic N) is 3. The van der Waals surface area contributed by atoms with Gasteiger partial charge in [-0.25, -0.2) is 4.98 Å². The van der Waals surface area contributed by atoms with Crippen LogP contribution in [0.4, 0.5) is 0 Å². The van der Waals surface area contributed by atoms with Crippen molar-refractivity contribution in [3.63, 3.8) is 0 Å². The first kappa shape index (κ1) is 18.4. The lowest BCUT2D eigenvalue weighted by atomic mass is 10.0. The molecule has 1 N–H and O–H groups in total. The molecule has 1 fully saturated rings. The second-order valence-corrected chi connectivity index (χ2v) is 8.25. The van der Waals surface area contributed by atoms with Crippen LogP contribution in [0, 0.1) is 6.92 Å². The lowest BCUT2D eigenvalue weighted by Crippen LogP contribution is -2.44. The predicted molar refractivity (Wildman–Crippen MR) is 98.0 cm³/mol. The van der Waals surface area contributed by atoms with Crippen molar-refractivity contribution in [2.24, 2.45) is 0 Å². The number of pyridine rings is 1. The van der Waals surface area contributed by atoms with Crippen LogP contribution in [-0.4, -0.2) is 45.0 Å². The largest absolute Gasteiger partial charge is 0.347 e. The molecular formula is C19H26N4O3. The SMILES string of the molecule is Cc1noc2nc(C(C)C)cc(C(=O)NC3CC(=O)N(C(C)(C)C)C3)c12. The molecule has 1 aliphatic heterocycles. The Hall–Kier alpha value is -2.44. The Morgan fingerprint density at radius 1 is 1.38 bits per heavy atom. The first-order chi connectivity index (χ1) is 12.1. The highest BCUT2D eigenvalue weighted by Crippen LogP contribution is 2.26. The molecule has 2 aromatic heterocycles. The average molecular weight is 358 g/mol. The summed E-state index contributed by atoms with van der Waals surface area (Å²) in [6.07, 6.45) is 0.316. The minimum absolute atomic E-state index is 0.0618. The molecule has 1 atom stereocenters. The number of hydrogen-bond acceptors (Lipinski definition) is 5. The molecule has 2 aromatic rings. The van der Waals surface area contributed by atoms with Gasteiger partial charge >= 0.3 is 0 Å². The van der Waals surface area contributed by atoms with E-state index in [1.165, 1.54) is 0 Å². The zero-order valence-corrected chi connectivity index (χ0v) is 16.2. The van der Waals surface area contributed by atoms with Gasteiger partial charge in [0.15, 0.2) is 0 Å². The number of carbonyl (C=O) groups is 2. The third-order valence-electron chi connectivity index (χ3n) is 4.74. The average Bonchev–Trinajstić information content (AvgIpc) is 3.09. The highest BCUT2D eigenvalue weighted by atomic mass is 16.5. The Labute approximate surface area is 153 Å². The summed E-state index contributed by atoms with van der Waals surface area (Å²) in [5.74, 6) is -0.00772. The Morgan fingerprint density at radius 3 is 2.65 bits per heavy atom. The number of nitrogens with one attached hydrogen (secondary N) is 1. The van der Waals surface area contributed by atoms with Crippen LogP contribution in [-0.2, 0) is 4.79 Å². The van der Waals surface area contributed by atoms with Gasteiger partial charge in [-0.2, -0.15) is 0 Å². The Balaban J connectivity index is 1.89. The van der Waals surface area contributed by atoms with Gasteiger partial charge in [-0.15, -0.1) is 0 Å². The third kappa shape index (κ3) is 3.30. The summed E-state index contributed by atoms with van der Waals surface area (Å²) in [6, 6.07) is 1.59. The first-order valence-corrected chi connectivity index (χ1v) is 8.96. The van der Waals surface area contributed by atoms with Gasteiger partial charge in [0.2, 0.25) is 5.91 Å². The maximum absolute atomic E-state index is 13.0. The van der Waals surface area contributed by atoms with Gasteiger partial charge in [0, 0.05) is 24.2 Å². The monoisotopic (exact) mass is 358 g/mol. The molecule has 0 spiro atoms. The van der Waals surface area contributed by atoms with Crippen LogP contribution in [0.25, 0.3) is 11.1 Å². The summed E-state index contributed by atoms with van der Waals surface area (Å²) in [5, 5.41) is 7.58. The van der Waals surface area contributed by atoms with E-state index in [1.807, 2.05) is 39.5 Å². The summed E-state index contributed by atoms with van der Waals surface area (Å²) < 4.78 is 5.28. The van der Waals surface area contributed by atoms with Crippen molar-refractivity contribution < 1.29 is 14.1 Å². The van der Waals surface area contributed by atoms with Crippen LogP contribution < -0.4 is 5.32 Å². The van der Waals surface area contributed by atoms with E-state index in [0.29, 0.717) is 35.3 Å². The molecule has 0 aromatic carbocycles. The van der Waals surface area contributed by atoms with Crippen molar-refractivity contribution >= 4 is 22.9 Å². The molecule has 26 heavy (non-hydrogen) atoms. The van der Waals surface area contributed by atoms with E-state index >= 15 is 0 Å². The standard InChI is InChI=1S/C19H26N4O3/c1-10(2)14-8-13(16-11(3)22-26-18(16)21-14)17(25)20-12-7-15(24)23(9-12)19(4,5)6/h8,10,12H,7,9H2,1-6H3,(H,20,25). The smallest absolute Gasteiger partial charge is 0.259 e. The molecule has 0 aliphatic carbocycles. The van der Waals surface area contributed by atoms with Gasteiger partial charge in [-0.05, 0) is 39.7 Å². The van der Waals surface area contributed by atoms with Crippen molar-refractivity contribution in [3.05, 3.63) is 23.0 Å². The summed E-state index contributed by atoms with van der Waals surface area (Å²) in [6.45, 7) is 12.3. The molecule has 7 nitrogen and oxygen atoms in total. The molecule has 0 radical (unpaired) electrons. The number of rotatable bonds is 3. The van der Waals surface area contributed by atoms with Crippen molar-refractivity contribution in [2.75, 3.05) is 6.54 Å². The molecule has 1 unspecified atom stereocenters. The van der Waals surface area contributed by atoms with E-state index in [-0.39, 0.29) is 29.3 Å². The fraction of sp³-hybridized carbons (Fsp3) is 0.579. The molecule has 3 heterocycles.